The Morgan fingerprint density at radius 3 is 2.90 bits per heavy atom. The molecule has 0 aliphatic carbocycles. The summed E-state index contributed by atoms with van der Waals surface area (Å²) in [7, 11) is 0. The van der Waals surface area contributed by atoms with E-state index >= 15 is 0 Å². The van der Waals surface area contributed by atoms with Crippen molar-refractivity contribution in [1.82, 2.24) is 0 Å². The van der Waals surface area contributed by atoms with Crippen molar-refractivity contribution >= 4 is 17.3 Å². The fourth-order valence-corrected chi connectivity index (χ4v) is 2.70. The second-order valence-corrected chi connectivity index (χ2v) is 5.02. The van der Waals surface area contributed by atoms with Crippen LogP contribution in [0.2, 0.25) is 0 Å². The van der Waals surface area contributed by atoms with Crippen molar-refractivity contribution in [2.75, 3.05) is 23.8 Å². The lowest BCUT2D eigenvalue weighted by atomic mass is 10.1. The van der Waals surface area contributed by atoms with Gasteiger partial charge in [-0.05, 0) is 49.2 Å². The monoisotopic (exact) mass is 282 g/mol. The molecule has 108 valence electrons. The van der Waals surface area contributed by atoms with Crippen molar-refractivity contribution < 1.29 is 9.53 Å². The summed E-state index contributed by atoms with van der Waals surface area (Å²) in [6.45, 7) is 3.13. The van der Waals surface area contributed by atoms with Gasteiger partial charge in [-0.15, -0.1) is 0 Å². The molecule has 1 aliphatic heterocycles. The summed E-state index contributed by atoms with van der Waals surface area (Å²) in [4.78, 5) is 14.6. The second-order valence-electron chi connectivity index (χ2n) is 5.02. The maximum atomic E-state index is 12.8. The van der Waals surface area contributed by atoms with Gasteiger partial charge in [-0.25, -0.2) is 0 Å². The first kappa shape index (κ1) is 13.5. The molecule has 1 amide bonds. The Morgan fingerprint density at radius 2 is 2.10 bits per heavy atom. The Kier molecular flexibility index (Phi) is 3.52. The summed E-state index contributed by atoms with van der Waals surface area (Å²) in [5.41, 5.74) is 9.21. The predicted molar refractivity (Wildman–Crippen MR) is 83.8 cm³/mol. The number of fused-ring (bicyclic) bond motifs is 1. The second kappa shape index (κ2) is 5.48. The minimum Gasteiger partial charge on any atom is -0.493 e. The van der Waals surface area contributed by atoms with Crippen LogP contribution in [0.5, 0.6) is 5.75 Å². The van der Waals surface area contributed by atoms with Crippen LogP contribution in [0.1, 0.15) is 22.8 Å². The SMILES string of the molecule is CCOc1ccccc1C(=O)N1CCc2cc(N)ccc21. The van der Waals surface area contributed by atoms with Gasteiger partial charge in [0.2, 0.25) is 0 Å². The number of hydrogen-bond acceptors (Lipinski definition) is 3. The minimum absolute atomic E-state index is 0.0254. The molecule has 0 unspecified atom stereocenters. The number of carbonyl (C=O) groups is 1. The van der Waals surface area contributed by atoms with E-state index in [4.69, 9.17) is 10.5 Å². The zero-order valence-corrected chi connectivity index (χ0v) is 12.0. The van der Waals surface area contributed by atoms with E-state index in [2.05, 4.69) is 0 Å². The zero-order chi connectivity index (χ0) is 14.8. The van der Waals surface area contributed by atoms with E-state index in [-0.39, 0.29) is 5.91 Å². The first-order valence-electron chi connectivity index (χ1n) is 7.13. The molecule has 4 heteroatoms. The van der Waals surface area contributed by atoms with Gasteiger partial charge in [0.05, 0.1) is 12.2 Å². The van der Waals surface area contributed by atoms with Crippen LogP contribution in [0, 0.1) is 0 Å². The van der Waals surface area contributed by atoms with Gasteiger partial charge in [-0.2, -0.15) is 0 Å². The summed E-state index contributed by atoms with van der Waals surface area (Å²) >= 11 is 0. The zero-order valence-electron chi connectivity index (χ0n) is 12.0. The molecule has 0 atom stereocenters. The summed E-state index contributed by atoms with van der Waals surface area (Å²) in [6.07, 6.45) is 0.836. The molecule has 2 aromatic rings. The summed E-state index contributed by atoms with van der Waals surface area (Å²) in [5.74, 6) is 0.608. The molecule has 0 saturated carbocycles. The van der Waals surface area contributed by atoms with E-state index < -0.39 is 0 Å². The lowest BCUT2D eigenvalue weighted by Crippen LogP contribution is -2.29. The lowest BCUT2D eigenvalue weighted by molar-refractivity contribution is 0.0985. The van der Waals surface area contributed by atoms with Crippen molar-refractivity contribution in [3.05, 3.63) is 53.6 Å². The average molecular weight is 282 g/mol. The maximum Gasteiger partial charge on any atom is 0.262 e. The van der Waals surface area contributed by atoms with Gasteiger partial charge < -0.3 is 15.4 Å². The third kappa shape index (κ3) is 2.44. The van der Waals surface area contributed by atoms with Crippen LogP contribution in [0.4, 0.5) is 11.4 Å². The van der Waals surface area contributed by atoms with E-state index in [1.54, 1.807) is 4.90 Å². The van der Waals surface area contributed by atoms with Crippen LogP contribution in [0.15, 0.2) is 42.5 Å². The van der Waals surface area contributed by atoms with Crippen LogP contribution in [0.25, 0.3) is 0 Å². The number of nitrogens with zero attached hydrogens (tertiary/aromatic N) is 1. The smallest absolute Gasteiger partial charge is 0.262 e. The van der Waals surface area contributed by atoms with Crippen LogP contribution >= 0.6 is 0 Å². The first-order chi connectivity index (χ1) is 10.2. The molecule has 0 radical (unpaired) electrons. The molecule has 2 N–H and O–H groups in total. The van der Waals surface area contributed by atoms with E-state index in [0.717, 1.165) is 23.4 Å². The number of nitrogens with two attached hydrogens (primary N) is 1. The fraction of sp³-hybridized carbons (Fsp3) is 0.235. The van der Waals surface area contributed by atoms with Crippen molar-refractivity contribution in [3.63, 3.8) is 0 Å². The van der Waals surface area contributed by atoms with E-state index in [1.165, 1.54) is 0 Å². The van der Waals surface area contributed by atoms with E-state index in [0.29, 0.717) is 24.5 Å². The molecule has 0 spiro atoms. The van der Waals surface area contributed by atoms with Crippen LogP contribution in [-0.4, -0.2) is 19.1 Å². The Bertz CT molecular complexity index is 682. The maximum absolute atomic E-state index is 12.8. The first-order valence-corrected chi connectivity index (χ1v) is 7.13. The number of anilines is 2. The highest BCUT2D eigenvalue weighted by Crippen LogP contribution is 2.32. The number of carbonyl (C=O) groups excluding carboxylic acids is 1. The van der Waals surface area contributed by atoms with Crippen LogP contribution in [0.3, 0.4) is 0 Å². The van der Waals surface area contributed by atoms with Crippen LogP contribution in [-0.2, 0) is 6.42 Å². The molecule has 0 aromatic heterocycles. The number of amides is 1. The largest absolute Gasteiger partial charge is 0.493 e. The number of rotatable bonds is 3. The normalized spacial score (nSPS) is 13.1. The number of benzene rings is 2. The molecule has 3 rings (SSSR count). The number of ether oxygens (including phenoxy) is 1. The Balaban J connectivity index is 1.95. The standard InChI is InChI=1S/C17H18N2O2/c1-2-21-16-6-4-3-5-14(16)17(20)19-10-9-12-11-13(18)7-8-15(12)19/h3-8,11H,2,9-10,18H2,1H3. The molecular weight excluding hydrogens is 264 g/mol. The predicted octanol–water partition coefficient (Wildman–Crippen LogP) is 2.87. The quantitative estimate of drug-likeness (QED) is 0.881. The highest BCUT2D eigenvalue weighted by Gasteiger charge is 2.27. The van der Waals surface area contributed by atoms with Gasteiger partial charge in [-0.3, -0.25) is 4.79 Å². The topological polar surface area (TPSA) is 55.6 Å². The van der Waals surface area contributed by atoms with Crippen molar-refractivity contribution in [2.45, 2.75) is 13.3 Å². The van der Waals surface area contributed by atoms with Gasteiger partial charge in [0.1, 0.15) is 5.75 Å². The molecule has 4 nitrogen and oxygen atoms in total. The van der Waals surface area contributed by atoms with Gasteiger partial charge >= 0.3 is 0 Å². The fourth-order valence-electron chi connectivity index (χ4n) is 2.70. The summed E-state index contributed by atoms with van der Waals surface area (Å²) in [6, 6.07) is 13.1. The minimum atomic E-state index is -0.0254. The number of para-hydroxylation sites is 1. The van der Waals surface area contributed by atoms with Crippen molar-refractivity contribution in [3.8, 4) is 5.75 Å². The highest BCUT2D eigenvalue weighted by atomic mass is 16.5. The van der Waals surface area contributed by atoms with Crippen LogP contribution < -0.4 is 15.4 Å². The molecule has 21 heavy (non-hydrogen) atoms. The van der Waals surface area contributed by atoms with Crippen molar-refractivity contribution in [2.24, 2.45) is 0 Å². The van der Waals surface area contributed by atoms with Gasteiger partial charge in [0.25, 0.3) is 5.91 Å². The number of hydrogen-bond donors (Lipinski definition) is 1. The molecule has 0 fully saturated rings. The van der Waals surface area contributed by atoms with Gasteiger partial charge in [0.15, 0.2) is 0 Å². The third-order valence-corrected chi connectivity index (χ3v) is 3.66. The molecular formula is C17H18N2O2. The summed E-state index contributed by atoms with van der Waals surface area (Å²) < 4.78 is 5.56. The highest BCUT2D eigenvalue weighted by molar-refractivity contribution is 6.09. The average Bonchev–Trinajstić information content (AvgIpc) is 2.90. The van der Waals surface area contributed by atoms with Crippen molar-refractivity contribution in [1.29, 1.82) is 0 Å². The molecule has 2 aromatic carbocycles. The van der Waals surface area contributed by atoms with Gasteiger partial charge in [0, 0.05) is 17.9 Å². The lowest BCUT2D eigenvalue weighted by Gasteiger charge is -2.19. The summed E-state index contributed by atoms with van der Waals surface area (Å²) in [5, 5.41) is 0. The Morgan fingerprint density at radius 1 is 1.29 bits per heavy atom. The van der Waals surface area contributed by atoms with E-state index in [9.17, 15) is 4.79 Å². The van der Waals surface area contributed by atoms with Gasteiger partial charge in [-0.1, -0.05) is 12.1 Å². The molecule has 1 aliphatic rings. The molecule has 1 heterocycles. The Labute approximate surface area is 124 Å². The number of nitrogen functional groups attached to an aromatic ring is 1. The van der Waals surface area contributed by atoms with E-state index in [1.807, 2.05) is 49.4 Å². The Hall–Kier alpha value is -2.49. The third-order valence-electron chi connectivity index (χ3n) is 3.66. The molecule has 0 bridgehead atoms. The molecule has 0 saturated heterocycles.